The van der Waals surface area contributed by atoms with E-state index in [1.54, 1.807) is 24.0 Å². The van der Waals surface area contributed by atoms with Gasteiger partial charge in [-0.1, -0.05) is 49.4 Å². The fourth-order valence-corrected chi connectivity index (χ4v) is 2.64. The Balaban J connectivity index is 2.16. The zero-order chi connectivity index (χ0) is 18.9. The maximum atomic E-state index is 13.1. The van der Waals surface area contributed by atoms with Crippen LogP contribution in [0.5, 0.6) is 0 Å². The molecule has 4 nitrogen and oxygen atoms in total. The summed E-state index contributed by atoms with van der Waals surface area (Å²) in [4.78, 5) is 26.8. The highest BCUT2D eigenvalue weighted by atomic mass is 19.1. The van der Waals surface area contributed by atoms with Crippen LogP contribution in [0.25, 0.3) is 0 Å². The number of halogens is 1. The van der Waals surface area contributed by atoms with Gasteiger partial charge in [0.25, 0.3) is 0 Å². The minimum Gasteiger partial charge on any atom is -0.354 e. The number of rotatable bonds is 8. The average Bonchev–Trinajstić information content (AvgIpc) is 2.66. The molecule has 138 valence electrons. The van der Waals surface area contributed by atoms with E-state index >= 15 is 0 Å². The summed E-state index contributed by atoms with van der Waals surface area (Å²) in [5.74, 6) is -0.676. The van der Waals surface area contributed by atoms with Gasteiger partial charge in [0, 0.05) is 13.1 Å². The van der Waals surface area contributed by atoms with Crippen molar-refractivity contribution in [2.75, 3.05) is 6.54 Å². The van der Waals surface area contributed by atoms with Crippen molar-refractivity contribution in [1.29, 1.82) is 0 Å². The molecule has 2 aromatic carbocycles. The maximum Gasteiger partial charge on any atom is 0.242 e. The lowest BCUT2D eigenvalue weighted by molar-refractivity contribution is -0.140. The van der Waals surface area contributed by atoms with Crippen LogP contribution in [-0.2, 0) is 22.6 Å². The molecular formula is C21H25FN2O2. The van der Waals surface area contributed by atoms with Crippen LogP contribution in [0.4, 0.5) is 4.39 Å². The van der Waals surface area contributed by atoms with Crippen LogP contribution in [0.2, 0.25) is 0 Å². The van der Waals surface area contributed by atoms with Crippen molar-refractivity contribution in [2.24, 2.45) is 0 Å². The van der Waals surface area contributed by atoms with Gasteiger partial charge in [0.05, 0.1) is 6.42 Å². The first-order valence-corrected chi connectivity index (χ1v) is 8.86. The first-order valence-electron chi connectivity index (χ1n) is 8.86. The standard InChI is InChI=1S/C21H25FN2O2/c1-3-13-23-21(26)16(2)24(15-18-7-5-4-6-8-18)20(25)14-17-9-11-19(22)12-10-17/h4-12,16H,3,13-15H2,1-2H3,(H,23,26)/t16-/m1/s1. The third-order valence-electron chi connectivity index (χ3n) is 4.18. The molecule has 0 bridgehead atoms. The van der Waals surface area contributed by atoms with Gasteiger partial charge >= 0.3 is 0 Å². The molecule has 5 heteroatoms. The molecule has 0 unspecified atom stereocenters. The SMILES string of the molecule is CCCNC(=O)[C@@H](C)N(Cc1ccccc1)C(=O)Cc1ccc(F)cc1. The second kappa shape index (κ2) is 9.70. The molecule has 0 aliphatic carbocycles. The van der Waals surface area contributed by atoms with Crippen molar-refractivity contribution in [3.63, 3.8) is 0 Å². The number of amides is 2. The largest absolute Gasteiger partial charge is 0.354 e. The van der Waals surface area contributed by atoms with Crippen molar-refractivity contribution in [3.8, 4) is 0 Å². The summed E-state index contributed by atoms with van der Waals surface area (Å²) in [5, 5.41) is 2.84. The average molecular weight is 356 g/mol. The van der Waals surface area contributed by atoms with Crippen LogP contribution in [0.1, 0.15) is 31.4 Å². The highest BCUT2D eigenvalue weighted by Gasteiger charge is 2.25. The maximum absolute atomic E-state index is 13.1. The zero-order valence-electron chi connectivity index (χ0n) is 15.2. The second-order valence-electron chi connectivity index (χ2n) is 6.28. The Hall–Kier alpha value is -2.69. The van der Waals surface area contributed by atoms with E-state index in [4.69, 9.17) is 0 Å². The van der Waals surface area contributed by atoms with E-state index in [1.165, 1.54) is 12.1 Å². The van der Waals surface area contributed by atoms with E-state index < -0.39 is 6.04 Å². The summed E-state index contributed by atoms with van der Waals surface area (Å²) in [6.07, 6.45) is 0.958. The molecule has 0 saturated heterocycles. The van der Waals surface area contributed by atoms with Crippen LogP contribution >= 0.6 is 0 Å². The molecule has 2 rings (SSSR count). The van der Waals surface area contributed by atoms with Gasteiger partial charge in [-0.2, -0.15) is 0 Å². The fourth-order valence-electron chi connectivity index (χ4n) is 2.64. The molecule has 0 fully saturated rings. The summed E-state index contributed by atoms with van der Waals surface area (Å²) < 4.78 is 13.1. The molecule has 0 aromatic heterocycles. The van der Waals surface area contributed by atoms with E-state index in [-0.39, 0.29) is 24.1 Å². The minimum absolute atomic E-state index is 0.124. The molecule has 2 aromatic rings. The van der Waals surface area contributed by atoms with Gasteiger partial charge in [-0.15, -0.1) is 0 Å². The smallest absolute Gasteiger partial charge is 0.242 e. The van der Waals surface area contributed by atoms with Gasteiger partial charge in [0.15, 0.2) is 0 Å². The summed E-state index contributed by atoms with van der Waals surface area (Å²) >= 11 is 0. The third kappa shape index (κ3) is 5.69. The van der Waals surface area contributed by atoms with Gasteiger partial charge in [0.1, 0.15) is 11.9 Å². The van der Waals surface area contributed by atoms with Crippen molar-refractivity contribution >= 4 is 11.8 Å². The lowest BCUT2D eigenvalue weighted by Gasteiger charge is -2.29. The Kier molecular flexibility index (Phi) is 7.33. The van der Waals surface area contributed by atoms with Gasteiger partial charge in [0.2, 0.25) is 11.8 Å². The Morgan fingerprint density at radius 3 is 2.31 bits per heavy atom. The van der Waals surface area contributed by atoms with E-state index in [1.807, 2.05) is 37.3 Å². The summed E-state index contributed by atoms with van der Waals surface area (Å²) in [6, 6.07) is 14.8. The van der Waals surface area contributed by atoms with Gasteiger partial charge in [-0.3, -0.25) is 9.59 Å². The van der Waals surface area contributed by atoms with Crippen molar-refractivity contribution in [3.05, 3.63) is 71.5 Å². The molecule has 1 atom stereocenters. The topological polar surface area (TPSA) is 49.4 Å². The van der Waals surface area contributed by atoms with Crippen molar-refractivity contribution in [1.82, 2.24) is 10.2 Å². The Morgan fingerprint density at radius 2 is 1.69 bits per heavy atom. The normalized spacial score (nSPS) is 11.7. The first kappa shape index (κ1) is 19.6. The van der Waals surface area contributed by atoms with Gasteiger partial charge in [-0.25, -0.2) is 4.39 Å². The van der Waals surface area contributed by atoms with Crippen molar-refractivity contribution < 1.29 is 14.0 Å². The van der Waals surface area contributed by atoms with Crippen LogP contribution < -0.4 is 5.32 Å². The Bertz CT molecular complexity index is 717. The number of nitrogens with zero attached hydrogens (tertiary/aromatic N) is 1. The lowest BCUT2D eigenvalue weighted by Crippen LogP contribution is -2.48. The van der Waals surface area contributed by atoms with Gasteiger partial charge < -0.3 is 10.2 Å². The van der Waals surface area contributed by atoms with Crippen LogP contribution in [0, 0.1) is 5.82 Å². The third-order valence-corrected chi connectivity index (χ3v) is 4.18. The Morgan fingerprint density at radius 1 is 1.04 bits per heavy atom. The number of hydrogen-bond acceptors (Lipinski definition) is 2. The molecule has 0 radical (unpaired) electrons. The molecule has 0 aliphatic heterocycles. The molecular weight excluding hydrogens is 331 g/mol. The fraction of sp³-hybridized carbons (Fsp3) is 0.333. The predicted octanol–water partition coefficient (Wildman–Crippen LogP) is 3.31. The predicted molar refractivity (Wildman–Crippen MR) is 99.9 cm³/mol. The summed E-state index contributed by atoms with van der Waals surface area (Å²) in [7, 11) is 0. The Labute approximate surface area is 154 Å². The van der Waals surface area contributed by atoms with Crippen LogP contribution in [0.15, 0.2) is 54.6 Å². The summed E-state index contributed by atoms with van der Waals surface area (Å²) in [5.41, 5.74) is 1.67. The first-order chi connectivity index (χ1) is 12.5. The van der Waals surface area contributed by atoms with E-state index in [0.29, 0.717) is 13.1 Å². The number of nitrogens with one attached hydrogen (secondary N) is 1. The molecule has 26 heavy (non-hydrogen) atoms. The van der Waals surface area contributed by atoms with Crippen molar-refractivity contribution in [2.45, 2.75) is 39.3 Å². The number of carbonyl (C=O) groups is 2. The van der Waals surface area contributed by atoms with Crippen LogP contribution in [-0.4, -0.2) is 29.3 Å². The highest BCUT2D eigenvalue weighted by Crippen LogP contribution is 2.13. The number of hydrogen-bond donors (Lipinski definition) is 1. The van der Waals surface area contributed by atoms with E-state index in [2.05, 4.69) is 5.32 Å². The monoisotopic (exact) mass is 356 g/mol. The molecule has 0 aliphatic rings. The molecule has 1 N–H and O–H groups in total. The van der Waals surface area contributed by atoms with Crippen LogP contribution in [0.3, 0.4) is 0 Å². The minimum atomic E-state index is -0.588. The molecule has 2 amide bonds. The summed E-state index contributed by atoms with van der Waals surface area (Å²) in [6.45, 7) is 4.64. The lowest BCUT2D eigenvalue weighted by atomic mass is 10.1. The quantitative estimate of drug-likeness (QED) is 0.789. The van der Waals surface area contributed by atoms with E-state index in [0.717, 1.165) is 17.5 Å². The molecule has 0 saturated carbocycles. The number of carbonyl (C=O) groups excluding carboxylic acids is 2. The molecule has 0 heterocycles. The number of benzene rings is 2. The second-order valence-corrected chi connectivity index (χ2v) is 6.28. The van der Waals surface area contributed by atoms with Gasteiger partial charge in [-0.05, 0) is 36.6 Å². The zero-order valence-corrected chi connectivity index (χ0v) is 15.2. The highest BCUT2D eigenvalue weighted by molar-refractivity contribution is 5.88. The molecule has 0 spiro atoms. The van der Waals surface area contributed by atoms with E-state index in [9.17, 15) is 14.0 Å².